The number of carbonyl (C=O) groups excluding carboxylic acids is 1. The molecule has 3 rings (SSSR count). The lowest BCUT2D eigenvalue weighted by Gasteiger charge is -2.29. The highest BCUT2D eigenvalue weighted by Crippen LogP contribution is 2.31. The summed E-state index contributed by atoms with van der Waals surface area (Å²) < 4.78 is 5.22. The van der Waals surface area contributed by atoms with Gasteiger partial charge in [0, 0.05) is 18.3 Å². The molecular weight excluding hydrogens is 296 g/mol. The van der Waals surface area contributed by atoms with Gasteiger partial charge in [-0.2, -0.15) is 0 Å². The van der Waals surface area contributed by atoms with E-state index in [1.54, 1.807) is 12.0 Å². The molecule has 0 spiro atoms. The van der Waals surface area contributed by atoms with Crippen LogP contribution in [0.5, 0.6) is 5.75 Å². The SMILES string of the molecule is COc1ccc2c(c1)CCN2C(=O)NC1CCC(C(=O)O)CC1. The van der Waals surface area contributed by atoms with Crippen molar-refractivity contribution in [3.63, 3.8) is 0 Å². The predicted molar refractivity (Wildman–Crippen MR) is 86.0 cm³/mol. The van der Waals surface area contributed by atoms with Crippen molar-refractivity contribution in [2.75, 3.05) is 18.6 Å². The molecule has 1 aliphatic heterocycles. The third-order valence-corrected chi connectivity index (χ3v) is 4.83. The van der Waals surface area contributed by atoms with Crippen LogP contribution in [0.1, 0.15) is 31.2 Å². The highest BCUT2D eigenvalue weighted by molar-refractivity contribution is 5.94. The van der Waals surface area contributed by atoms with Crippen LogP contribution >= 0.6 is 0 Å². The minimum Gasteiger partial charge on any atom is -0.497 e. The second-order valence-corrected chi connectivity index (χ2v) is 6.23. The molecule has 1 aromatic rings. The molecule has 1 saturated carbocycles. The third-order valence-electron chi connectivity index (χ3n) is 4.83. The van der Waals surface area contributed by atoms with Crippen molar-refractivity contribution >= 4 is 17.7 Å². The van der Waals surface area contributed by atoms with Crippen LogP contribution in [0.3, 0.4) is 0 Å². The van der Waals surface area contributed by atoms with Crippen LogP contribution in [0.25, 0.3) is 0 Å². The number of fused-ring (bicyclic) bond motifs is 1. The lowest BCUT2D eigenvalue weighted by atomic mass is 9.86. The summed E-state index contributed by atoms with van der Waals surface area (Å²) in [6.45, 7) is 0.665. The molecule has 2 N–H and O–H groups in total. The van der Waals surface area contributed by atoms with Crippen LogP contribution in [0.2, 0.25) is 0 Å². The van der Waals surface area contributed by atoms with Crippen LogP contribution < -0.4 is 15.0 Å². The first-order valence-corrected chi connectivity index (χ1v) is 8.06. The first-order valence-electron chi connectivity index (χ1n) is 8.06. The van der Waals surface area contributed by atoms with Gasteiger partial charge in [0.25, 0.3) is 0 Å². The standard InChI is InChI=1S/C17H22N2O4/c1-23-14-6-7-15-12(10-14)8-9-19(15)17(22)18-13-4-2-11(3-5-13)16(20)21/h6-7,10-11,13H,2-5,8-9H2,1H3,(H,18,22)(H,20,21). The van der Waals surface area contributed by atoms with Gasteiger partial charge in [0.05, 0.1) is 13.0 Å². The quantitative estimate of drug-likeness (QED) is 0.897. The van der Waals surface area contributed by atoms with Crippen molar-refractivity contribution in [1.82, 2.24) is 5.32 Å². The monoisotopic (exact) mass is 318 g/mol. The van der Waals surface area contributed by atoms with Gasteiger partial charge in [-0.1, -0.05) is 0 Å². The number of aliphatic carboxylic acids is 1. The average molecular weight is 318 g/mol. The van der Waals surface area contributed by atoms with E-state index in [-0.39, 0.29) is 18.0 Å². The molecule has 0 saturated heterocycles. The minimum absolute atomic E-state index is 0.0698. The maximum absolute atomic E-state index is 12.5. The van der Waals surface area contributed by atoms with Crippen molar-refractivity contribution in [2.45, 2.75) is 38.1 Å². The van der Waals surface area contributed by atoms with Gasteiger partial charge in [-0.3, -0.25) is 9.69 Å². The number of hydrogen-bond acceptors (Lipinski definition) is 3. The van der Waals surface area contributed by atoms with Crippen LogP contribution in [0.4, 0.5) is 10.5 Å². The van der Waals surface area contributed by atoms with Gasteiger partial charge in [0.15, 0.2) is 0 Å². The molecule has 2 aliphatic rings. The highest BCUT2D eigenvalue weighted by Gasteiger charge is 2.30. The van der Waals surface area contributed by atoms with Crippen LogP contribution in [0.15, 0.2) is 18.2 Å². The molecule has 1 aromatic carbocycles. The molecule has 0 aromatic heterocycles. The number of anilines is 1. The number of carbonyl (C=O) groups is 2. The molecule has 23 heavy (non-hydrogen) atoms. The highest BCUT2D eigenvalue weighted by atomic mass is 16.5. The summed E-state index contributed by atoms with van der Waals surface area (Å²) in [4.78, 5) is 25.3. The number of carboxylic acid groups (broad SMARTS) is 1. The van der Waals surface area contributed by atoms with E-state index in [1.165, 1.54) is 0 Å². The van der Waals surface area contributed by atoms with Crippen LogP contribution in [0, 0.1) is 5.92 Å². The van der Waals surface area contributed by atoms with E-state index < -0.39 is 5.97 Å². The number of rotatable bonds is 3. The number of amides is 2. The van der Waals surface area contributed by atoms with Gasteiger partial charge < -0.3 is 15.2 Å². The number of benzene rings is 1. The van der Waals surface area contributed by atoms with E-state index in [0.717, 1.165) is 36.3 Å². The Morgan fingerprint density at radius 3 is 2.65 bits per heavy atom. The summed E-state index contributed by atoms with van der Waals surface area (Å²) in [5.74, 6) is -0.182. The molecule has 0 atom stereocenters. The Kier molecular flexibility index (Phi) is 4.41. The molecule has 124 valence electrons. The normalized spacial score (nSPS) is 23.3. The molecule has 6 heteroatoms. The lowest BCUT2D eigenvalue weighted by Crippen LogP contribution is -2.46. The Morgan fingerprint density at radius 2 is 2.00 bits per heavy atom. The zero-order chi connectivity index (χ0) is 16.4. The summed E-state index contributed by atoms with van der Waals surface area (Å²) in [5, 5.41) is 12.1. The number of hydrogen-bond donors (Lipinski definition) is 2. The largest absolute Gasteiger partial charge is 0.497 e. The molecule has 0 bridgehead atoms. The fourth-order valence-electron chi connectivity index (χ4n) is 3.45. The Balaban J connectivity index is 1.60. The van der Waals surface area contributed by atoms with Crippen LogP contribution in [-0.4, -0.2) is 36.8 Å². The topological polar surface area (TPSA) is 78.9 Å². The predicted octanol–water partition coefficient (Wildman–Crippen LogP) is 2.41. The first kappa shape index (κ1) is 15.6. The number of nitrogens with zero attached hydrogens (tertiary/aromatic N) is 1. The minimum atomic E-state index is -0.725. The Bertz CT molecular complexity index is 609. The summed E-state index contributed by atoms with van der Waals surface area (Å²) in [6.07, 6.45) is 3.55. The Morgan fingerprint density at radius 1 is 1.26 bits per heavy atom. The van der Waals surface area contributed by atoms with E-state index in [2.05, 4.69) is 5.32 Å². The Labute approximate surface area is 135 Å². The average Bonchev–Trinajstić information content (AvgIpc) is 2.98. The van der Waals surface area contributed by atoms with Gasteiger partial charge in [0.2, 0.25) is 0 Å². The van der Waals surface area contributed by atoms with E-state index in [4.69, 9.17) is 9.84 Å². The molecular formula is C17H22N2O4. The number of urea groups is 1. The number of carboxylic acids is 1. The van der Waals surface area contributed by atoms with Gasteiger partial charge in [-0.25, -0.2) is 4.79 Å². The summed E-state index contributed by atoms with van der Waals surface area (Å²) in [7, 11) is 1.63. The second-order valence-electron chi connectivity index (χ2n) is 6.23. The van der Waals surface area contributed by atoms with Gasteiger partial charge >= 0.3 is 12.0 Å². The van der Waals surface area contributed by atoms with Crippen molar-refractivity contribution < 1.29 is 19.4 Å². The molecule has 1 aliphatic carbocycles. The van der Waals surface area contributed by atoms with E-state index in [1.807, 2.05) is 18.2 Å². The van der Waals surface area contributed by atoms with E-state index in [9.17, 15) is 9.59 Å². The summed E-state index contributed by atoms with van der Waals surface area (Å²) >= 11 is 0. The van der Waals surface area contributed by atoms with Crippen molar-refractivity contribution in [3.8, 4) is 5.75 Å². The van der Waals surface area contributed by atoms with Crippen molar-refractivity contribution in [3.05, 3.63) is 23.8 Å². The second kappa shape index (κ2) is 6.48. The smallest absolute Gasteiger partial charge is 0.322 e. The molecule has 0 unspecified atom stereocenters. The molecule has 1 fully saturated rings. The molecule has 0 radical (unpaired) electrons. The fourth-order valence-corrected chi connectivity index (χ4v) is 3.45. The van der Waals surface area contributed by atoms with Gasteiger partial charge in [0.1, 0.15) is 5.75 Å². The molecule has 6 nitrogen and oxygen atoms in total. The lowest BCUT2D eigenvalue weighted by molar-refractivity contribution is -0.142. The van der Waals surface area contributed by atoms with Crippen LogP contribution in [-0.2, 0) is 11.2 Å². The van der Waals surface area contributed by atoms with Crippen molar-refractivity contribution in [1.29, 1.82) is 0 Å². The van der Waals surface area contributed by atoms with Crippen molar-refractivity contribution in [2.24, 2.45) is 5.92 Å². The maximum Gasteiger partial charge on any atom is 0.322 e. The first-order chi connectivity index (χ1) is 11.1. The zero-order valence-corrected chi connectivity index (χ0v) is 13.2. The number of ether oxygens (including phenoxy) is 1. The summed E-state index contributed by atoms with van der Waals surface area (Å²) in [5.41, 5.74) is 2.05. The molecule has 2 amide bonds. The Hall–Kier alpha value is -2.24. The number of nitrogens with one attached hydrogen (secondary N) is 1. The van der Waals surface area contributed by atoms with Gasteiger partial charge in [-0.15, -0.1) is 0 Å². The maximum atomic E-state index is 12.5. The molecule has 1 heterocycles. The third kappa shape index (κ3) is 3.25. The van der Waals surface area contributed by atoms with E-state index >= 15 is 0 Å². The fraction of sp³-hybridized carbons (Fsp3) is 0.529. The van der Waals surface area contributed by atoms with Gasteiger partial charge in [-0.05, 0) is 55.9 Å². The zero-order valence-electron chi connectivity index (χ0n) is 13.2. The summed E-state index contributed by atoms with van der Waals surface area (Å²) in [6, 6.07) is 5.73. The number of methoxy groups -OCH3 is 1. The van der Waals surface area contributed by atoms with E-state index in [0.29, 0.717) is 19.4 Å².